The van der Waals surface area contributed by atoms with E-state index in [1.54, 1.807) is 11.3 Å². The van der Waals surface area contributed by atoms with Gasteiger partial charge in [0.25, 0.3) is 0 Å². The van der Waals surface area contributed by atoms with E-state index in [1.165, 1.54) is 0 Å². The van der Waals surface area contributed by atoms with E-state index in [-0.39, 0.29) is 0 Å². The maximum atomic E-state index is 11.0. The number of rotatable bonds is 3. The summed E-state index contributed by atoms with van der Waals surface area (Å²) in [6.45, 7) is 0.706. The predicted molar refractivity (Wildman–Crippen MR) is 68.5 cm³/mol. The van der Waals surface area contributed by atoms with Gasteiger partial charge in [0, 0.05) is 22.5 Å². The van der Waals surface area contributed by atoms with Gasteiger partial charge in [-0.25, -0.2) is 4.98 Å². The largest absolute Gasteiger partial charge is 0.341 e. The van der Waals surface area contributed by atoms with Crippen molar-refractivity contribution in [1.82, 2.24) is 9.55 Å². The minimum Gasteiger partial charge on any atom is -0.341 e. The molecule has 0 spiro atoms. The lowest BCUT2D eigenvalue weighted by Gasteiger charge is -2.04. The number of aldehydes is 1. The van der Waals surface area contributed by atoms with Crippen molar-refractivity contribution < 1.29 is 4.79 Å². The van der Waals surface area contributed by atoms with Crippen molar-refractivity contribution in [1.29, 1.82) is 0 Å². The Hall–Kier alpha value is -1.94. The SMILES string of the molecule is O=Cc1cccc2ccn(Cc3cscn3)c12. The second kappa shape index (κ2) is 4.14. The Morgan fingerprint density at radius 2 is 2.29 bits per heavy atom. The van der Waals surface area contributed by atoms with Crippen molar-refractivity contribution in [2.24, 2.45) is 0 Å². The molecule has 0 bridgehead atoms. The molecule has 84 valence electrons. The molecule has 2 heterocycles. The second-order valence-corrected chi connectivity index (χ2v) is 4.55. The van der Waals surface area contributed by atoms with Crippen molar-refractivity contribution in [3.05, 3.63) is 52.6 Å². The van der Waals surface area contributed by atoms with Crippen LogP contribution in [0.4, 0.5) is 0 Å². The fraction of sp³-hybridized carbons (Fsp3) is 0.0769. The molecule has 0 radical (unpaired) electrons. The molecule has 4 heteroatoms. The van der Waals surface area contributed by atoms with Crippen molar-refractivity contribution in [3.8, 4) is 0 Å². The van der Waals surface area contributed by atoms with Gasteiger partial charge in [-0.05, 0) is 12.1 Å². The standard InChI is InChI=1S/C13H10N2OS/c16-7-11-3-1-2-10-4-5-15(13(10)11)6-12-8-17-9-14-12/h1-5,7-9H,6H2. The zero-order chi connectivity index (χ0) is 11.7. The van der Waals surface area contributed by atoms with Gasteiger partial charge in [-0.2, -0.15) is 0 Å². The Morgan fingerprint density at radius 3 is 3.06 bits per heavy atom. The average molecular weight is 242 g/mol. The summed E-state index contributed by atoms with van der Waals surface area (Å²) in [6.07, 6.45) is 2.90. The van der Waals surface area contributed by atoms with E-state index < -0.39 is 0 Å². The number of fused-ring (bicyclic) bond motifs is 1. The van der Waals surface area contributed by atoms with E-state index in [2.05, 4.69) is 9.55 Å². The number of benzene rings is 1. The number of carbonyl (C=O) groups is 1. The monoisotopic (exact) mass is 242 g/mol. The smallest absolute Gasteiger partial charge is 0.152 e. The molecule has 0 unspecified atom stereocenters. The zero-order valence-electron chi connectivity index (χ0n) is 9.04. The molecule has 2 aromatic heterocycles. The van der Waals surface area contributed by atoms with E-state index in [9.17, 15) is 4.79 Å². The molecular weight excluding hydrogens is 232 g/mol. The van der Waals surface area contributed by atoms with Crippen LogP contribution in [-0.4, -0.2) is 15.8 Å². The summed E-state index contributed by atoms with van der Waals surface area (Å²) in [5.41, 5.74) is 4.55. The summed E-state index contributed by atoms with van der Waals surface area (Å²) in [6, 6.07) is 7.78. The second-order valence-electron chi connectivity index (χ2n) is 3.83. The average Bonchev–Trinajstić information content (AvgIpc) is 2.99. The summed E-state index contributed by atoms with van der Waals surface area (Å²) in [5.74, 6) is 0. The van der Waals surface area contributed by atoms with E-state index in [0.29, 0.717) is 6.54 Å². The lowest BCUT2D eigenvalue weighted by atomic mass is 10.1. The van der Waals surface area contributed by atoms with Gasteiger partial charge >= 0.3 is 0 Å². The Kier molecular flexibility index (Phi) is 2.49. The molecule has 0 aliphatic rings. The fourth-order valence-corrected chi connectivity index (χ4v) is 2.56. The maximum Gasteiger partial charge on any atom is 0.152 e. The van der Waals surface area contributed by atoms with Crippen molar-refractivity contribution in [2.75, 3.05) is 0 Å². The van der Waals surface area contributed by atoms with Crippen LogP contribution < -0.4 is 0 Å². The first-order valence-electron chi connectivity index (χ1n) is 5.28. The number of para-hydroxylation sites is 1. The van der Waals surface area contributed by atoms with Gasteiger partial charge in [0.2, 0.25) is 0 Å². The number of aromatic nitrogens is 2. The van der Waals surface area contributed by atoms with Crippen LogP contribution in [0, 0.1) is 0 Å². The van der Waals surface area contributed by atoms with Crippen LogP contribution in [0.3, 0.4) is 0 Å². The van der Waals surface area contributed by atoms with E-state index in [0.717, 1.165) is 28.4 Å². The van der Waals surface area contributed by atoms with Crippen LogP contribution in [0.25, 0.3) is 10.9 Å². The molecule has 0 amide bonds. The molecule has 0 fully saturated rings. The van der Waals surface area contributed by atoms with Crippen molar-refractivity contribution >= 4 is 28.5 Å². The molecule has 1 aromatic carbocycles. The molecule has 0 saturated heterocycles. The summed E-state index contributed by atoms with van der Waals surface area (Å²) in [4.78, 5) is 15.3. The van der Waals surface area contributed by atoms with E-state index in [4.69, 9.17) is 0 Å². The Labute approximate surface area is 102 Å². The van der Waals surface area contributed by atoms with Gasteiger partial charge in [0.1, 0.15) is 0 Å². The first-order valence-corrected chi connectivity index (χ1v) is 6.23. The lowest BCUT2D eigenvalue weighted by molar-refractivity contribution is 0.112. The number of thiazole rings is 1. The fourth-order valence-electron chi connectivity index (χ4n) is 2.01. The molecule has 0 aliphatic heterocycles. The minimum absolute atomic E-state index is 0.706. The van der Waals surface area contributed by atoms with E-state index in [1.807, 2.05) is 41.4 Å². The summed E-state index contributed by atoms with van der Waals surface area (Å²) < 4.78 is 2.06. The normalized spacial score (nSPS) is 10.8. The first-order chi connectivity index (χ1) is 8.38. The Morgan fingerprint density at radius 1 is 1.35 bits per heavy atom. The van der Waals surface area contributed by atoms with Crippen LogP contribution in [-0.2, 0) is 6.54 Å². The van der Waals surface area contributed by atoms with Crippen molar-refractivity contribution in [3.63, 3.8) is 0 Å². The molecule has 0 aliphatic carbocycles. The number of nitrogens with zero attached hydrogens (tertiary/aromatic N) is 2. The van der Waals surface area contributed by atoms with Gasteiger partial charge in [-0.15, -0.1) is 11.3 Å². The Balaban J connectivity index is 2.13. The van der Waals surface area contributed by atoms with Crippen molar-refractivity contribution in [2.45, 2.75) is 6.54 Å². The third kappa shape index (κ3) is 1.76. The Bertz CT molecular complexity index is 655. The van der Waals surface area contributed by atoms with Crippen LogP contribution in [0.15, 0.2) is 41.4 Å². The quantitative estimate of drug-likeness (QED) is 0.662. The van der Waals surface area contributed by atoms with Crippen LogP contribution in [0.5, 0.6) is 0 Å². The topological polar surface area (TPSA) is 34.9 Å². The van der Waals surface area contributed by atoms with Gasteiger partial charge in [0.15, 0.2) is 6.29 Å². The number of carbonyl (C=O) groups excluding carboxylic acids is 1. The summed E-state index contributed by atoms with van der Waals surface area (Å²) in [5, 5.41) is 3.11. The summed E-state index contributed by atoms with van der Waals surface area (Å²) in [7, 11) is 0. The van der Waals surface area contributed by atoms with E-state index >= 15 is 0 Å². The highest BCUT2D eigenvalue weighted by Gasteiger charge is 2.06. The van der Waals surface area contributed by atoms with Gasteiger partial charge in [-0.1, -0.05) is 12.1 Å². The predicted octanol–water partition coefficient (Wildman–Crippen LogP) is 2.96. The van der Waals surface area contributed by atoms with Gasteiger partial charge in [0.05, 0.1) is 23.3 Å². The molecule has 3 nitrogen and oxygen atoms in total. The zero-order valence-corrected chi connectivity index (χ0v) is 9.85. The van der Waals surface area contributed by atoms with Gasteiger partial charge in [-0.3, -0.25) is 4.79 Å². The molecule has 17 heavy (non-hydrogen) atoms. The number of hydrogen-bond donors (Lipinski definition) is 0. The molecule has 3 rings (SSSR count). The van der Waals surface area contributed by atoms with Crippen LogP contribution >= 0.6 is 11.3 Å². The molecule has 0 saturated carbocycles. The minimum atomic E-state index is 0.706. The van der Waals surface area contributed by atoms with Crippen LogP contribution in [0.1, 0.15) is 16.1 Å². The third-order valence-corrected chi connectivity index (χ3v) is 3.40. The molecule has 0 atom stereocenters. The molecule has 0 N–H and O–H groups in total. The molecule has 3 aromatic rings. The maximum absolute atomic E-state index is 11.0. The van der Waals surface area contributed by atoms with Gasteiger partial charge < -0.3 is 4.57 Å². The number of hydrogen-bond acceptors (Lipinski definition) is 3. The third-order valence-electron chi connectivity index (χ3n) is 2.76. The highest BCUT2D eigenvalue weighted by Crippen LogP contribution is 2.20. The lowest BCUT2D eigenvalue weighted by Crippen LogP contribution is -1.99. The highest BCUT2D eigenvalue weighted by molar-refractivity contribution is 7.07. The first kappa shape index (κ1) is 10.2. The highest BCUT2D eigenvalue weighted by atomic mass is 32.1. The summed E-state index contributed by atoms with van der Waals surface area (Å²) >= 11 is 1.58. The van der Waals surface area contributed by atoms with Crippen LogP contribution in [0.2, 0.25) is 0 Å². The molecular formula is C13H10N2OS.